The number of hydrogen-bond donors (Lipinski definition) is 0. The Labute approximate surface area is 145 Å². The van der Waals surface area contributed by atoms with Gasteiger partial charge in [0.05, 0.1) is 0 Å². The van der Waals surface area contributed by atoms with E-state index >= 15 is 0 Å². The molecular formula is C17H31BrO3Si. The van der Waals surface area contributed by atoms with Crippen LogP contribution in [0.2, 0.25) is 18.1 Å². The van der Waals surface area contributed by atoms with Crippen molar-refractivity contribution in [3.05, 3.63) is 22.6 Å². The highest BCUT2D eigenvalue weighted by atomic mass is 79.9. The van der Waals surface area contributed by atoms with Gasteiger partial charge in [0, 0.05) is 13.2 Å². The molecule has 0 aliphatic rings. The maximum Gasteiger partial charge on any atom is 0.191 e. The molecule has 1 aromatic heterocycles. The average molecular weight is 391 g/mol. The zero-order valence-corrected chi connectivity index (χ0v) is 17.3. The lowest BCUT2D eigenvalue weighted by Gasteiger charge is -2.36. The Bertz CT molecular complexity index is 424. The average Bonchev–Trinajstić information content (AvgIpc) is 2.81. The smallest absolute Gasteiger partial charge is 0.191 e. The van der Waals surface area contributed by atoms with E-state index in [0.29, 0.717) is 11.6 Å². The van der Waals surface area contributed by atoms with Crippen molar-refractivity contribution >= 4 is 24.2 Å². The fraction of sp³-hybridized carbons (Fsp3) is 0.765. The number of ether oxygens (including phenoxy) is 1. The van der Waals surface area contributed by atoms with Crippen LogP contribution in [0.1, 0.15) is 52.2 Å². The van der Waals surface area contributed by atoms with E-state index in [1.807, 2.05) is 12.1 Å². The van der Waals surface area contributed by atoms with Gasteiger partial charge < -0.3 is 13.6 Å². The molecule has 0 aromatic carbocycles. The van der Waals surface area contributed by atoms with Gasteiger partial charge in [-0.1, -0.05) is 33.6 Å². The molecule has 1 rings (SSSR count). The normalized spacial score (nSPS) is 12.8. The highest BCUT2D eigenvalue weighted by Crippen LogP contribution is 2.36. The van der Waals surface area contributed by atoms with Crippen LogP contribution in [-0.2, 0) is 15.8 Å². The molecule has 128 valence electrons. The molecule has 0 bridgehead atoms. The monoisotopic (exact) mass is 390 g/mol. The third-order valence-electron chi connectivity index (χ3n) is 4.33. The maximum absolute atomic E-state index is 6.17. The second kappa shape index (κ2) is 9.26. The van der Waals surface area contributed by atoms with Gasteiger partial charge in [-0.3, -0.25) is 0 Å². The van der Waals surface area contributed by atoms with Gasteiger partial charge in [0.15, 0.2) is 13.0 Å². The Kier molecular flexibility index (Phi) is 8.39. The van der Waals surface area contributed by atoms with Crippen LogP contribution in [0.4, 0.5) is 0 Å². The number of rotatable bonds is 10. The molecule has 0 aliphatic carbocycles. The van der Waals surface area contributed by atoms with Crippen molar-refractivity contribution in [3.8, 4) is 0 Å². The summed E-state index contributed by atoms with van der Waals surface area (Å²) in [6.45, 7) is 13.7. The van der Waals surface area contributed by atoms with Crippen LogP contribution in [0.3, 0.4) is 0 Å². The van der Waals surface area contributed by atoms with Crippen molar-refractivity contribution in [2.24, 2.45) is 0 Å². The van der Waals surface area contributed by atoms with E-state index in [0.717, 1.165) is 36.5 Å². The van der Waals surface area contributed by atoms with E-state index in [4.69, 9.17) is 13.6 Å². The van der Waals surface area contributed by atoms with Gasteiger partial charge in [0.1, 0.15) is 12.4 Å². The second-order valence-electron chi connectivity index (χ2n) is 7.28. The van der Waals surface area contributed by atoms with E-state index < -0.39 is 8.32 Å². The fourth-order valence-corrected chi connectivity index (χ4v) is 3.23. The highest BCUT2D eigenvalue weighted by molar-refractivity contribution is 9.10. The molecule has 0 unspecified atom stereocenters. The Morgan fingerprint density at radius 1 is 1.05 bits per heavy atom. The highest BCUT2D eigenvalue weighted by Gasteiger charge is 2.36. The number of halogens is 1. The molecule has 22 heavy (non-hydrogen) atoms. The van der Waals surface area contributed by atoms with Crippen LogP contribution in [0.5, 0.6) is 0 Å². The van der Waals surface area contributed by atoms with Gasteiger partial charge in [-0.15, -0.1) is 0 Å². The van der Waals surface area contributed by atoms with Crippen LogP contribution >= 0.6 is 15.9 Å². The van der Waals surface area contributed by atoms with E-state index in [1.165, 1.54) is 12.8 Å². The largest absolute Gasteiger partial charge is 0.452 e. The lowest BCUT2D eigenvalue weighted by Crippen LogP contribution is -2.40. The Morgan fingerprint density at radius 2 is 1.68 bits per heavy atom. The molecule has 0 radical (unpaired) electrons. The topological polar surface area (TPSA) is 31.6 Å². The summed E-state index contributed by atoms with van der Waals surface area (Å²) in [7, 11) is -1.56. The van der Waals surface area contributed by atoms with Crippen molar-refractivity contribution in [2.45, 2.75) is 71.2 Å². The Morgan fingerprint density at radius 3 is 2.23 bits per heavy atom. The van der Waals surface area contributed by atoms with Gasteiger partial charge >= 0.3 is 0 Å². The summed E-state index contributed by atoms with van der Waals surface area (Å²) in [6, 6.07) is 3.82. The fourth-order valence-electron chi connectivity index (χ4n) is 1.81. The summed E-state index contributed by atoms with van der Waals surface area (Å²) in [5.74, 6) is 0.870. The van der Waals surface area contributed by atoms with Crippen LogP contribution in [0.25, 0.3) is 0 Å². The molecular weight excluding hydrogens is 360 g/mol. The zero-order chi connectivity index (χ0) is 16.6. The molecule has 3 nitrogen and oxygen atoms in total. The maximum atomic E-state index is 6.17. The van der Waals surface area contributed by atoms with Crippen molar-refractivity contribution in [3.63, 3.8) is 0 Å². The summed E-state index contributed by atoms with van der Waals surface area (Å²) >= 11 is 3.28. The first-order valence-electron chi connectivity index (χ1n) is 8.18. The van der Waals surface area contributed by atoms with Crippen LogP contribution in [0.15, 0.2) is 21.2 Å². The van der Waals surface area contributed by atoms with Gasteiger partial charge in [-0.05, 0) is 59.0 Å². The zero-order valence-electron chi connectivity index (χ0n) is 14.7. The van der Waals surface area contributed by atoms with E-state index in [1.54, 1.807) is 0 Å². The van der Waals surface area contributed by atoms with Crippen LogP contribution in [-0.4, -0.2) is 21.5 Å². The minimum atomic E-state index is -1.56. The first-order chi connectivity index (χ1) is 10.2. The molecule has 1 heterocycles. The summed E-state index contributed by atoms with van der Waals surface area (Å²) in [5, 5.41) is 0.307. The quantitative estimate of drug-likeness (QED) is 0.355. The molecule has 0 saturated heterocycles. The van der Waals surface area contributed by atoms with Gasteiger partial charge in [0.2, 0.25) is 0 Å². The molecule has 0 fully saturated rings. The van der Waals surface area contributed by atoms with E-state index in [9.17, 15) is 0 Å². The van der Waals surface area contributed by atoms with E-state index in [-0.39, 0.29) is 0 Å². The summed E-state index contributed by atoms with van der Waals surface area (Å²) in [4.78, 5) is 0. The van der Waals surface area contributed by atoms with Crippen LogP contribution < -0.4 is 0 Å². The predicted molar refractivity (Wildman–Crippen MR) is 97.7 cm³/mol. The number of hydrogen-bond acceptors (Lipinski definition) is 3. The van der Waals surface area contributed by atoms with Crippen molar-refractivity contribution in [2.75, 3.05) is 13.2 Å². The first kappa shape index (κ1) is 19.9. The van der Waals surface area contributed by atoms with Crippen molar-refractivity contribution < 1.29 is 13.6 Å². The standard InChI is InChI=1S/C17H31BrO3Si/c1-17(2,3)22(4,5)20-13-9-7-6-8-12-19-14-15-10-11-16(18)21-15/h10-11H,6-9,12-14H2,1-5H3. The van der Waals surface area contributed by atoms with Gasteiger partial charge in [0.25, 0.3) is 0 Å². The number of unbranched alkanes of at least 4 members (excludes halogenated alkanes) is 3. The lowest BCUT2D eigenvalue weighted by atomic mass is 10.2. The molecule has 0 atom stereocenters. The Balaban J connectivity index is 1.96. The minimum Gasteiger partial charge on any atom is -0.452 e. The summed E-state index contributed by atoms with van der Waals surface area (Å²) < 4.78 is 17.9. The van der Waals surface area contributed by atoms with Gasteiger partial charge in [-0.25, -0.2) is 0 Å². The Hall–Kier alpha value is -0.103. The molecule has 0 amide bonds. The molecule has 0 spiro atoms. The molecule has 5 heteroatoms. The number of furan rings is 1. The SMILES string of the molecule is CC(C)(C)[Si](C)(C)OCCCCCCOCc1ccc(Br)o1. The third kappa shape index (κ3) is 7.44. The molecule has 0 aliphatic heterocycles. The summed E-state index contributed by atoms with van der Waals surface area (Å²) in [5.41, 5.74) is 0. The summed E-state index contributed by atoms with van der Waals surface area (Å²) in [6.07, 6.45) is 4.66. The lowest BCUT2D eigenvalue weighted by molar-refractivity contribution is 0.101. The predicted octanol–water partition coefficient (Wildman–Crippen LogP) is 6.14. The minimum absolute atomic E-state index is 0.307. The molecule has 0 N–H and O–H groups in total. The van der Waals surface area contributed by atoms with Crippen LogP contribution in [0, 0.1) is 0 Å². The second-order valence-corrected chi connectivity index (χ2v) is 12.9. The van der Waals surface area contributed by atoms with Gasteiger partial charge in [-0.2, -0.15) is 0 Å². The first-order valence-corrected chi connectivity index (χ1v) is 11.9. The van der Waals surface area contributed by atoms with Crippen molar-refractivity contribution in [1.29, 1.82) is 0 Å². The molecule has 1 aromatic rings. The molecule has 0 saturated carbocycles. The van der Waals surface area contributed by atoms with Crippen molar-refractivity contribution in [1.82, 2.24) is 0 Å². The third-order valence-corrected chi connectivity index (χ3v) is 9.29. The van der Waals surface area contributed by atoms with E-state index in [2.05, 4.69) is 49.8 Å².